The Kier molecular flexibility index (Phi) is 16.2. The molecule has 2 aromatic rings. The Labute approximate surface area is 277 Å². The van der Waals surface area contributed by atoms with Gasteiger partial charge in [-0.15, -0.1) is 0 Å². The zero-order chi connectivity index (χ0) is 34.2. The Morgan fingerprint density at radius 3 is 2.35 bits per heavy atom. The summed E-state index contributed by atoms with van der Waals surface area (Å²) >= 11 is 0. The van der Waals surface area contributed by atoms with E-state index in [0.29, 0.717) is 41.3 Å². The molecule has 1 fully saturated rings. The van der Waals surface area contributed by atoms with Gasteiger partial charge in [-0.05, 0) is 81.0 Å². The standard InChI is InChI=1S/C34H41F2N5.C3H8.C2H6/c1-7-10-11-12-20-37-34-39-31(28-21-25(18-16-22(28)4)24(6)38-26-14-13-15-26)27-19-17-23(5)41(33(27)40-34)32(29(35)8-2)30(36)9-3;1-3-2;1-2/h8-9,16-19,21,26,38H,2,5-7,10-15,20H2,1,3-4H3,(H,37,39,40);3H2,1-2H3;1-2H3/b30-9+,32-29-;;. The van der Waals surface area contributed by atoms with Crippen LogP contribution >= 0.6 is 0 Å². The van der Waals surface area contributed by atoms with Crippen molar-refractivity contribution in [1.29, 1.82) is 0 Å². The maximum absolute atomic E-state index is 15.2. The second-order valence-electron chi connectivity index (χ2n) is 11.3. The van der Waals surface area contributed by atoms with Crippen LogP contribution in [-0.4, -0.2) is 22.6 Å². The number of hydrogen-bond donors (Lipinski definition) is 2. The number of hydrogen-bond acceptors (Lipinski definition) is 5. The first-order valence-corrected chi connectivity index (χ1v) is 16.9. The number of nitrogens with one attached hydrogen (secondary N) is 2. The molecule has 0 amide bonds. The van der Waals surface area contributed by atoms with Crippen LogP contribution in [-0.2, 0) is 0 Å². The van der Waals surface area contributed by atoms with E-state index in [4.69, 9.17) is 9.97 Å². The summed E-state index contributed by atoms with van der Waals surface area (Å²) in [5.41, 5.74) is 5.14. The molecule has 2 heterocycles. The molecule has 2 aliphatic rings. The first-order valence-electron chi connectivity index (χ1n) is 16.9. The number of rotatable bonds is 13. The number of unbranched alkanes of at least 4 members (excludes halogenated alkanes) is 3. The average Bonchev–Trinajstić information content (AvgIpc) is 3.04. The van der Waals surface area contributed by atoms with Gasteiger partial charge in [0.25, 0.3) is 0 Å². The minimum atomic E-state index is -0.811. The van der Waals surface area contributed by atoms with Gasteiger partial charge < -0.3 is 10.6 Å². The minimum absolute atomic E-state index is 0.291. The van der Waals surface area contributed by atoms with E-state index in [9.17, 15) is 0 Å². The number of aromatic nitrogens is 2. The molecule has 0 spiro atoms. The molecule has 0 bridgehead atoms. The molecule has 46 heavy (non-hydrogen) atoms. The van der Waals surface area contributed by atoms with E-state index in [-0.39, 0.29) is 5.70 Å². The van der Waals surface area contributed by atoms with Gasteiger partial charge in [0.05, 0.1) is 5.69 Å². The van der Waals surface area contributed by atoms with Gasteiger partial charge in [0, 0.05) is 35.1 Å². The summed E-state index contributed by atoms with van der Waals surface area (Å²) in [6, 6.07) is 6.64. The number of anilines is 2. The molecule has 0 unspecified atom stereocenters. The first-order chi connectivity index (χ1) is 22.2. The van der Waals surface area contributed by atoms with Crippen molar-refractivity contribution in [2.24, 2.45) is 0 Å². The summed E-state index contributed by atoms with van der Waals surface area (Å²) in [5, 5.41) is 6.89. The van der Waals surface area contributed by atoms with Crippen LogP contribution in [0.4, 0.5) is 20.5 Å². The monoisotopic (exact) mass is 631 g/mol. The highest BCUT2D eigenvalue weighted by molar-refractivity contribution is 5.88. The van der Waals surface area contributed by atoms with Crippen LogP contribution in [0.2, 0.25) is 0 Å². The average molecular weight is 632 g/mol. The van der Waals surface area contributed by atoms with Gasteiger partial charge >= 0.3 is 0 Å². The van der Waals surface area contributed by atoms with Crippen molar-refractivity contribution in [1.82, 2.24) is 15.3 Å². The lowest BCUT2D eigenvalue weighted by molar-refractivity contribution is 0.378. The second-order valence-corrected chi connectivity index (χ2v) is 11.3. The zero-order valence-corrected chi connectivity index (χ0v) is 29.2. The van der Waals surface area contributed by atoms with Crippen LogP contribution in [0.15, 0.2) is 79.2 Å². The summed E-state index contributed by atoms with van der Waals surface area (Å²) in [5.74, 6) is -0.818. The Balaban J connectivity index is 0.00000139. The maximum Gasteiger partial charge on any atom is 0.225 e. The molecule has 0 atom stereocenters. The molecule has 0 radical (unpaired) electrons. The molecule has 250 valence electrons. The van der Waals surface area contributed by atoms with E-state index in [1.54, 1.807) is 6.08 Å². The normalized spacial score (nSPS) is 14.5. The number of halogens is 2. The Morgan fingerprint density at radius 1 is 1.07 bits per heavy atom. The second kappa shape index (κ2) is 19.5. The third kappa shape index (κ3) is 9.75. The molecule has 4 rings (SSSR count). The third-order valence-electron chi connectivity index (χ3n) is 7.61. The smallest absolute Gasteiger partial charge is 0.225 e. The van der Waals surface area contributed by atoms with Crippen LogP contribution < -0.4 is 15.5 Å². The number of nitrogens with zero attached hydrogens (tertiary/aromatic N) is 3. The Bertz CT molecular complexity index is 1430. The van der Waals surface area contributed by atoms with Gasteiger partial charge in [-0.25, -0.2) is 13.8 Å². The van der Waals surface area contributed by atoms with Crippen molar-refractivity contribution in [3.05, 3.63) is 95.9 Å². The number of fused-ring (bicyclic) bond motifs is 1. The molecule has 0 saturated heterocycles. The van der Waals surface area contributed by atoms with Crippen LogP contribution in [0.25, 0.3) is 23.0 Å². The van der Waals surface area contributed by atoms with Gasteiger partial charge in [0.15, 0.2) is 5.82 Å². The summed E-state index contributed by atoms with van der Waals surface area (Å²) in [4.78, 5) is 11.1. The fraction of sp³-hybridized carbons (Fsp3) is 0.436. The molecule has 7 heteroatoms. The molecule has 5 nitrogen and oxygen atoms in total. The van der Waals surface area contributed by atoms with Crippen molar-refractivity contribution >= 4 is 23.5 Å². The molecular weight excluding hydrogens is 576 g/mol. The highest BCUT2D eigenvalue weighted by Crippen LogP contribution is 2.41. The van der Waals surface area contributed by atoms with Crippen molar-refractivity contribution < 1.29 is 8.78 Å². The lowest BCUT2D eigenvalue weighted by Crippen LogP contribution is -2.33. The van der Waals surface area contributed by atoms with Crippen molar-refractivity contribution in [3.63, 3.8) is 0 Å². The van der Waals surface area contributed by atoms with E-state index >= 15 is 8.78 Å². The van der Waals surface area contributed by atoms with Crippen LogP contribution in [0.1, 0.15) is 110 Å². The van der Waals surface area contributed by atoms with Crippen LogP contribution in [0.3, 0.4) is 0 Å². The number of aryl methyl sites for hydroxylation is 1. The van der Waals surface area contributed by atoms with Gasteiger partial charge in [-0.2, -0.15) is 4.98 Å². The lowest BCUT2D eigenvalue weighted by Gasteiger charge is -2.31. The van der Waals surface area contributed by atoms with Crippen LogP contribution in [0.5, 0.6) is 0 Å². The van der Waals surface area contributed by atoms with E-state index in [0.717, 1.165) is 67.0 Å². The minimum Gasteiger partial charge on any atom is -0.382 e. The number of benzene rings is 1. The quantitative estimate of drug-likeness (QED) is 0.170. The highest BCUT2D eigenvalue weighted by atomic mass is 19.1. The topological polar surface area (TPSA) is 53.1 Å². The maximum atomic E-state index is 15.2. The predicted molar refractivity (Wildman–Crippen MR) is 196 cm³/mol. The number of allylic oxidation sites excluding steroid dienone is 5. The predicted octanol–water partition coefficient (Wildman–Crippen LogP) is 11.6. The molecule has 1 aromatic carbocycles. The van der Waals surface area contributed by atoms with Crippen LogP contribution in [0, 0.1) is 6.92 Å². The van der Waals surface area contributed by atoms with Gasteiger partial charge in [0.1, 0.15) is 17.4 Å². The summed E-state index contributed by atoms with van der Waals surface area (Å²) in [6.07, 6.45) is 14.9. The molecule has 2 N–H and O–H groups in total. The van der Waals surface area contributed by atoms with Gasteiger partial charge in [-0.3, -0.25) is 4.90 Å². The largest absolute Gasteiger partial charge is 0.382 e. The summed E-state index contributed by atoms with van der Waals surface area (Å²) in [6.45, 7) is 26.6. The van der Waals surface area contributed by atoms with Crippen molar-refractivity contribution in [3.8, 4) is 11.3 Å². The molecule has 1 saturated carbocycles. The molecule has 1 aliphatic heterocycles. The Hall–Kier alpha value is -4.00. The summed E-state index contributed by atoms with van der Waals surface area (Å²) < 4.78 is 30.4. The SMILES string of the molecule is C=C/C(F)=C(\C(F)=C/C)N1C(=C)C=Cc2c(-c3cc(C(=C)NC4CCC4)ccc3C)nc(NCCCCCC)nc21.CC.CCC. The van der Waals surface area contributed by atoms with E-state index in [2.05, 4.69) is 69.3 Å². The van der Waals surface area contributed by atoms with E-state index in [1.807, 2.05) is 26.8 Å². The zero-order valence-electron chi connectivity index (χ0n) is 29.2. The summed E-state index contributed by atoms with van der Waals surface area (Å²) in [7, 11) is 0. The molecular formula is C39H55F2N5. The van der Waals surface area contributed by atoms with Gasteiger partial charge in [0.2, 0.25) is 5.95 Å². The highest BCUT2D eigenvalue weighted by Gasteiger charge is 2.30. The molecule has 1 aliphatic carbocycles. The van der Waals surface area contributed by atoms with Crippen molar-refractivity contribution in [2.75, 3.05) is 16.8 Å². The fourth-order valence-corrected chi connectivity index (χ4v) is 4.97. The Morgan fingerprint density at radius 2 is 1.76 bits per heavy atom. The van der Waals surface area contributed by atoms with Gasteiger partial charge in [-0.1, -0.05) is 92.2 Å². The molecule has 1 aromatic heterocycles. The first kappa shape index (κ1) is 38.2. The third-order valence-corrected chi connectivity index (χ3v) is 7.61. The van der Waals surface area contributed by atoms with Crippen molar-refractivity contribution in [2.45, 2.75) is 106 Å². The lowest BCUT2D eigenvalue weighted by atomic mass is 9.92. The van der Waals surface area contributed by atoms with E-state index in [1.165, 1.54) is 30.7 Å². The van der Waals surface area contributed by atoms with E-state index < -0.39 is 11.7 Å². The fourth-order valence-electron chi connectivity index (χ4n) is 4.97.